The Kier molecular flexibility index (Phi) is 7.49. The minimum Gasteiger partial charge on any atom is -0.319 e. The third-order valence-electron chi connectivity index (χ3n) is 5.84. The largest absolute Gasteiger partial charge is 0.418 e. The van der Waals surface area contributed by atoms with Crippen LogP contribution in [0, 0.1) is 0 Å². The lowest BCUT2D eigenvalue weighted by atomic mass is 9.87. The van der Waals surface area contributed by atoms with Crippen LogP contribution in [0.25, 0.3) is 0 Å². The highest BCUT2D eigenvalue weighted by Gasteiger charge is 2.34. The molecule has 0 bridgehead atoms. The molecule has 0 radical (unpaired) electrons. The fourth-order valence-electron chi connectivity index (χ4n) is 3.88. The van der Waals surface area contributed by atoms with Crippen molar-refractivity contribution in [3.8, 4) is 0 Å². The lowest BCUT2D eigenvalue weighted by Gasteiger charge is -2.27. The number of urea groups is 1. The van der Waals surface area contributed by atoms with Crippen molar-refractivity contribution < 1.29 is 18.0 Å². The monoisotopic (exact) mass is 447 g/mol. The number of anilines is 1. The number of hydrogen-bond donors (Lipinski definition) is 1. The van der Waals surface area contributed by atoms with Crippen molar-refractivity contribution in [2.75, 3.05) is 31.5 Å². The summed E-state index contributed by atoms with van der Waals surface area (Å²) in [6.07, 6.45) is -2.26. The Hall–Kier alpha value is -2.54. The molecule has 0 saturated carbocycles. The molecule has 2 amide bonds. The lowest BCUT2D eigenvalue weighted by molar-refractivity contribution is -0.136. The molecule has 7 heteroatoms. The minimum absolute atomic E-state index is 0.0205. The molecule has 1 fully saturated rings. The van der Waals surface area contributed by atoms with E-state index >= 15 is 0 Å². The first-order valence-electron chi connectivity index (χ1n) is 11.1. The maximum Gasteiger partial charge on any atom is 0.418 e. The highest BCUT2D eigenvalue weighted by molar-refractivity contribution is 5.90. The fraction of sp³-hybridized carbons (Fsp3) is 0.480. The number of halogens is 3. The Morgan fingerprint density at radius 1 is 1.00 bits per heavy atom. The van der Waals surface area contributed by atoms with Crippen molar-refractivity contribution >= 4 is 11.7 Å². The number of hydrogen-bond acceptors (Lipinski definition) is 2. The molecule has 174 valence electrons. The fourth-order valence-corrected chi connectivity index (χ4v) is 3.88. The highest BCUT2D eigenvalue weighted by Crippen LogP contribution is 2.34. The summed E-state index contributed by atoms with van der Waals surface area (Å²) in [5.74, 6) is 0. The summed E-state index contributed by atoms with van der Waals surface area (Å²) in [7, 11) is 0. The number of carbonyl (C=O) groups is 1. The van der Waals surface area contributed by atoms with Crippen LogP contribution in [0.4, 0.5) is 23.7 Å². The minimum atomic E-state index is -4.53. The number of nitrogens with one attached hydrogen (secondary N) is 1. The molecule has 1 N–H and O–H groups in total. The summed E-state index contributed by atoms with van der Waals surface area (Å²) in [5.41, 5.74) is 1.08. The highest BCUT2D eigenvalue weighted by atomic mass is 19.4. The van der Waals surface area contributed by atoms with E-state index in [0.717, 1.165) is 37.6 Å². The number of nitrogens with zero attached hydrogens (tertiary/aromatic N) is 2. The average Bonchev–Trinajstić information content (AvgIpc) is 3.24. The third kappa shape index (κ3) is 6.48. The Morgan fingerprint density at radius 3 is 2.22 bits per heavy atom. The van der Waals surface area contributed by atoms with E-state index in [2.05, 4.69) is 31.0 Å². The van der Waals surface area contributed by atoms with E-state index in [0.29, 0.717) is 19.6 Å². The summed E-state index contributed by atoms with van der Waals surface area (Å²) < 4.78 is 40.1. The van der Waals surface area contributed by atoms with Gasteiger partial charge in [0.25, 0.3) is 0 Å². The third-order valence-corrected chi connectivity index (χ3v) is 5.84. The van der Waals surface area contributed by atoms with Gasteiger partial charge in [-0.3, -0.25) is 0 Å². The molecule has 0 aliphatic carbocycles. The Labute approximate surface area is 188 Å². The number of rotatable bonds is 6. The SMILES string of the molecule is CC(C)(C)c1ccc(CN(CCN2CCCC2)C(=O)Nc2ccccc2C(F)(F)F)cc1. The summed E-state index contributed by atoms with van der Waals surface area (Å²) in [4.78, 5) is 16.9. The van der Waals surface area contributed by atoms with Crippen molar-refractivity contribution in [3.63, 3.8) is 0 Å². The van der Waals surface area contributed by atoms with Crippen LogP contribution in [0.1, 0.15) is 50.3 Å². The number of amides is 2. The first kappa shape index (κ1) is 24.1. The number of para-hydroxylation sites is 1. The summed E-state index contributed by atoms with van der Waals surface area (Å²) in [5, 5.41) is 2.50. The van der Waals surface area contributed by atoms with Gasteiger partial charge in [-0.05, 0) is 54.6 Å². The van der Waals surface area contributed by atoms with Crippen LogP contribution in [-0.4, -0.2) is 42.0 Å². The van der Waals surface area contributed by atoms with Gasteiger partial charge in [0.1, 0.15) is 0 Å². The van der Waals surface area contributed by atoms with Crippen LogP contribution in [0.15, 0.2) is 48.5 Å². The maximum absolute atomic E-state index is 13.4. The first-order valence-corrected chi connectivity index (χ1v) is 11.1. The maximum atomic E-state index is 13.4. The molecular weight excluding hydrogens is 415 g/mol. The molecule has 0 aromatic heterocycles. The van der Waals surface area contributed by atoms with Gasteiger partial charge in [-0.25, -0.2) is 4.79 Å². The summed E-state index contributed by atoms with van der Waals surface area (Å²) in [6.45, 7) is 9.87. The number of likely N-dealkylation sites (tertiary alicyclic amines) is 1. The molecule has 32 heavy (non-hydrogen) atoms. The summed E-state index contributed by atoms with van der Waals surface area (Å²) in [6, 6.07) is 12.6. The van der Waals surface area contributed by atoms with Crippen LogP contribution in [-0.2, 0) is 18.1 Å². The number of carbonyl (C=O) groups excluding carboxylic acids is 1. The van der Waals surface area contributed by atoms with Gasteiger partial charge in [0, 0.05) is 19.6 Å². The molecule has 3 rings (SSSR count). The molecule has 4 nitrogen and oxygen atoms in total. The van der Waals surface area contributed by atoms with Crippen LogP contribution in [0.5, 0.6) is 0 Å². The lowest BCUT2D eigenvalue weighted by Crippen LogP contribution is -2.40. The van der Waals surface area contributed by atoms with Crippen LogP contribution in [0.3, 0.4) is 0 Å². The van der Waals surface area contributed by atoms with Gasteiger partial charge in [-0.15, -0.1) is 0 Å². The van der Waals surface area contributed by atoms with E-state index < -0.39 is 17.8 Å². The van der Waals surface area contributed by atoms with Crippen molar-refractivity contribution in [3.05, 3.63) is 65.2 Å². The molecule has 1 saturated heterocycles. The molecule has 2 aromatic rings. The van der Waals surface area contributed by atoms with Gasteiger partial charge >= 0.3 is 12.2 Å². The first-order chi connectivity index (χ1) is 15.0. The van der Waals surface area contributed by atoms with Gasteiger partial charge < -0.3 is 15.1 Å². The van der Waals surface area contributed by atoms with Gasteiger partial charge in [-0.2, -0.15) is 13.2 Å². The quantitative estimate of drug-likeness (QED) is 0.578. The van der Waals surface area contributed by atoms with Crippen LogP contribution < -0.4 is 5.32 Å². The van der Waals surface area contributed by atoms with E-state index in [4.69, 9.17) is 0 Å². The average molecular weight is 448 g/mol. The summed E-state index contributed by atoms with van der Waals surface area (Å²) >= 11 is 0. The van der Waals surface area contributed by atoms with Gasteiger partial charge in [0.05, 0.1) is 11.3 Å². The molecule has 0 unspecified atom stereocenters. The van der Waals surface area contributed by atoms with Crippen LogP contribution >= 0.6 is 0 Å². The second-order valence-electron chi connectivity index (χ2n) is 9.39. The Bertz CT molecular complexity index is 898. The van der Waals surface area contributed by atoms with E-state index in [-0.39, 0.29) is 11.1 Å². The molecule has 2 aromatic carbocycles. The van der Waals surface area contributed by atoms with Crippen molar-refractivity contribution in [1.82, 2.24) is 9.80 Å². The van der Waals surface area contributed by atoms with Crippen LogP contribution in [0.2, 0.25) is 0 Å². The van der Waals surface area contributed by atoms with Gasteiger partial charge in [0.2, 0.25) is 0 Å². The second-order valence-corrected chi connectivity index (χ2v) is 9.39. The zero-order valence-electron chi connectivity index (χ0n) is 19.0. The standard InChI is InChI=1S/C25H32F3N3O/c1-24(2,3)20-12-10-19(11-13-20)18-31(17-16-30-14-6-7-15-30)23(32)29-22-9-5-4-8-21(22)25(26,27)28/h4-5,8-13H,6-7,14-18H2,1-3H3,(H,29,32). The molecule has 0 spiro atoms. The molecule has 1 aliphatic rings. The molecule has 0 atom stereocenters. The van der Waals surface area contributed by atoms with E-state index in [9.17, 15) is 18.0 Å². The predicted molar refractivity (Wildman–Crippen MR) is 122 cm³/mol. The van der Waals surface area contributed by atoms with E-state index in [1.54, 1.807) is 4.90 Å². The van der Waals surface area contributed by atoms with E-state index in [1.807, 2.05) is 24.3 Å². The van der Waals surface area contributed by atoms with E-state index in [1.165, 1.54) is 23.8 Å². The smallest absolute Gasteiger partial charge is 0.319 e. The van der Waals surface area contributed by atoms with Crippen molar-refractivity contribution in [1.29, 1.82) is 0 Å². The normalized spacial score (nSPS) is 15.1. The topological polar surface area (TPSA) is 35.6 Å². The number of benzene rings is 2. The Balaban J connectivity index is 1.77. The van der Waals surface area contributed by atoms with Gasteiger partial charge in [0.15, 0.2) is 0 Å². The van der Waals surface area contributed by atoms with Crippen molar-refractivity contribution in [2.45, 2.75) is 51.7 Å². The molecule has 1 heterocycles. The number of alkyl halides is 3. The van der Waals surface area contributed by atoms with Gasteiger partial charge in [-0.1, -0.05) is 57.2 Å². The molecular formula is C25H32F3N3O. The zero-order chi connectivity index (χ0) is 23.4. The second kappa shape index (κ2) is 9.94. The Morgan fingerprint density at radius 2 is 1.62 bits per heavy atom. The van der Waals surface area contributed by atoms with Crippen molar-refractivity contribution in [2.24, 2.45) is 0 Å². The zero-order valence-corrected chi connectivity index (χ0v) is 19.0. The molecule has 1 aliphatic heterocycles. The predicted octanol–water partition coefficient (Wildman–Crippen LogP) is 6.13.